The third-order valence-corrected chi connectivity index (χ3v) is 6.92. The molecule has 1 aromatic heterocycles. The van der Waals surface area contributed by atoms with Gasteiger partial charge in [-0.3, -0.25) is 4.79 Å². The second kappa shape index (κ2) is 12.6. The lowest BCUT2D eigenvalue weighted by Gasteiger charge is -2.32. The van der Waals surface area contributed by atoms with Gasteiger partial charge < -0.3 is 19.9 Å². The Balaban J connectivity index is 1.69. The van der Waals surface area contributed by atoms with Gasteiger partial charge >= 0.3 is 0 Å². The van der Waals surface area contributed by atoms with Gasteiger partial charge in [0.15, 0.2) is 6.10 Å². The number of carbonyl (C=O) groups excluding carboxylic acids is 1. The summed E-state index contributed by atoms with van der Waals surface area (Å²) in [6.45, 7) is 7.70. The molecule has 0 saturated heterocycles. The summed E-state index contributed by atoms with van der Waals surface area (Å²) in [6.07, 6.45) is 5.27. The highest BCUT2D eigenvalue weighted by molar-refractivity contribution is 6.33. The number of nitrogens with one attached hydrogen (secondary N) is 2. The van der Waals surface area contributed by atoms with E-state index in [-0.39, 0.29) is 18.3 Å². The predicted molar refractivity (Wildman–Crippen MR) is 145 cm³/mol. The minimum atomic E-state index is -0.767. The summed E-state index contributed by atoms with van der Waals surface area (Å²) in [7, 11) is 3.43. The molecule has 1 aliphatic heterocycles. The smallest absolute Gasteiger partial charge is 0.269 e. The molecule has 1 aromatic carbocycles. The van der Waals surface area contributed by atoms with Crippen molar-refractivity contribution >= 4 is 34.8 Å². The van der Waals surface area contributed by atoms with Gasteiger partial charge in [-0.1, -0.05) is 42.4 Å². The van der Waals surface area contributed by atoms with Crippen LogP contribution >= 0.6 is 11.6 Å². The molecule has 12 heteroatoms. The van der Waals surface area contributed by atoms with Crippen LogP contribution in [-0.2, 0) is 4.79 Å². The number of allylic oxidation sites excluding steroid dienone is 5. The highest BCUT2D eigenvalue weighted by atomic mass is 35.5. The molecule has 3 rings (SSSR count). The molecular formula is C26H32ClFN8O2. The van der Waals surface area contributed by atoms with Crippen LogP contribution in [0, 0.1) is 16.7 Å². The number of fused-ring (bicyclic) bond motifs is 1. The van der Waals surface area contributed by atoms with Crippen molar-refractivity contribution in [3.8, 4) is 11.8 Å². The maximum Gasteiger partial charge on any atom is 0.269 e. The Kier molecular flexibility index (Phi) is 9.47. The summed E-state index contributed by atoms with van der Waals surface area (Å²) in [6, 6.07) is 5.86. The maximum atomic E-state index is 13.3. The van der Waals surface area contributed by atoms with E-state index in [4.69, 9.17) is 16.3 Å². The van der Waals surface area contributed by atoms with Gasteiger partial charge in [0.1, 0.15) is 5.75 Å². The molecule has 0 spiro atoms. The van der Waals surface area contributed by atoms with Gasteiger partial charge in [0.2, 0.25) is 0 Å². The van der Waals surface area contributed by atoms with E-state index in [9.17, 15) is 14.4 Å². The van der Waals surface area contributed by atoms with Gasteiger partial charge in [0.05, 0.1) is 40.3 Å². The zero-order valence-corrected chi connectivity index (χ0v) is 22.7. The van der Waals surface area contributed by atoms with Crippen LogP contribution in [0.5, 0.6) is 5.75 Å². The molecule has 2 atom stereocenters. The lowest BCUT2D eigenvalue weighted by molar-refractivity contribution is -0.137. The Labute approximate surface area is 226 Å². The standard InChI is InChI=1S/C26H32ClFN8O2/c1-6-18(9-8-17(3)28)14-26(7-2,16-29)10-11-35(4)24(37)23-15-30-20-12-19(27)21(13-22(20)38-23)36(5)25-31-33-34-32-25/h6,8-9,12-13,23,30H,1,7,10-11,14-15H2,2-5H3,(H,31,32,33,34). The molecule has 1 amide bonds. The third kappa shape index (κ3) is 6.69. The van der Waals surface area contributed by atoms with E-state index in [0.717, 1.165) is 5.57 Å². The maximum absolute atomic E-state index is 13.3. The van der Waals surface area contributed by atoms with Gasteiger partial charge in [-0.2, -0.15) is 10.5 Å². The van der Waals surface area contributed by atoms with Crippen LogP contribution in [0.1, 0.15) is 33.1 Å². The summed E-state index contributed by atoms with van der Waals surface area (Å²) in [5.41, 5.74) is 1.29. The van der Waals surface area contributed by atoms with Crippen LogP contribution in [0.2, 0.25) is 5.02 Å². The van der Waals surface area contributed by atoms with E-state index < -0.39 is 11.5 Å². The van der Waals surface area contributed by atoms with E-state index in [2.05, 4.69) is 38.6 Å². The molecule has 0 radical (unpaired) electrons. The molecule has 0 aliphatic carbocycles. The van der Waals surface area contributed by atoms with E-state index in [1.54, 1.807) is 48.2 Å². The van der Waals surface area contributed by atoms with Crippen LogP contribution in [0.25, 0.3) is 0 Å². The molecule has 0 saturated carbocycles. The van der Waals surface area contributed by atoms with Crippen molar-refractivity contribution in [2.45, 2.75) is 39.2 Å². The Bertz CT molecular complexity index is 1250. The Morgan fingerprint density at radius 1 is 1.42 bits per heavy atom. The number of halogens is 2. The molecule has 38 heavy (non-hydrogen) atoms. The lowest BCUT2D eigenvalue weighted by atomic mass is 9.77. The molecule has 0 bridgehead atoms. The number of amides is 1. The number of nitriles is 1. The van der Waals surface area contributed by atoms with Gasteiger partial charge in [0, 0.05) is 26.7 Å². The number of benzene rings is 1. The van der Waals surface area contributed by atoms with Crippen LogP contribution in [0.4, 0.5) is 21.7 Å². The fourth-order valence-corrected chi connectivity index (χ4v) is 4.38. The quantitative estimate of drug-likeness (QED) is 0.383. The number of aromatic amines is 1. The van der Waals surface area contributed by atoms with E-state index in [1.807, 2.05) is 6.92 Å². The molecular weight excluding hydrogens is 511 g/mol. The van der Waals surface area contributed by atoms with Crippen LogP contribution < -0.4 is 15.0 Å². The van der Waals surface area contributed by atoms with Crippen molar-refractivity contribution < 1.29 is 13.9 Å². The summed E-state index contributed by atoms with van der Waals surface area (Å²) in [4.78, 5) is 16.5. The number of aromatic nitrogens is 4. The van der Waals surface area contributed by atoms with E-state index >= 15 is 0 Å². The van der Waals surface area contributed by atoms with E-state index in [0.29, 0.717) is 53.9 Å². The van der Waals surface area contributed by atoms with Crippen LogP contribution in [0.3, 0.4) is 0 Å². The normalized spacial score (nSPS) is 16.8. The summed E-state index contributed by atoms with van der Waals surface area (Å²) < 4.78 is 19.3. The van der Waals surface area contributed by atoms with Crippen LogP contribution in [0.15, 0.2) is 48.3 Å². The number of ether oxygens (including phenoxy) is 1. The molecule has 0 fully saturated rings. The molecule has 1 aliphatic rings. The number of hydrogen-bond acceptors (Lipinski definition) is 8. The molecule has 10 nitrogen and oxygen atoms in total. The van der Waals surface area contributed by atoms with Crippen molar-refractivity contribution in [1.82, 2.24) is 25.5 Å². The Morgan fingerprint density at radius 3 is 2.79 bits per heavy atom. The topological polar surface area (TPSA) is 123 Å². The summed E-state index contributed by atoms with van der Waals surface area (Å²) >= 11 is 6.46. The summed E-state index contributed by atoms with van der Waals surface area (Å²) in [5, 5.41) is 27.5. The number of H-pyrrole nitrogens is 1. The van der Waals surface area contributed by atoms with Crippen molar-refractivity contribution in [2.75, 3.05) is 37.4 Å². The largest absolute Gasteiger partial charge is 0.476 e. The lowest BCUT2D eigenvalue weighted by Crippen LogP contribution is -2.46. The highest BCUT2D eigenvalue weighted by Gasteiger charge is 2.33. The number of nitrogens with zero attached hydrogens (tertiary/aromatic N) is 6. The first-order valence-corrected chi connectivity index (χ1v) is 12.5. The minimum absolute atomic E-state index is 0.218. The van der Waals surface area contributed by atoms with Gasteiger partial charge in [-0.15, -0.1) is 5.10 Å². The first kappa shape index (κ1) is 28.7. The predicted octanol–water partition coefficient (Wildman–Crippen LogP) is 4.94. The number of hydrogen-bond donors (Lipinski definition) is 2. The zero-order chi connectivity index (χ0) is 27.9. The fourth-order valence-electron chi connectivity index (χ4n) is 4.09. The van der Waals surface area contributed by atoms with Crippen molar-refractivity contribution in [3.63, 3.8) is 0 Å². The SMILES string of the molecule is C=CC(=CC=C(C)F)CC(C#N)(CC)CCN(C)C(=O)C1CNc2cc(Cl)c(N(C)c3nn[nH]n3)cc2O1. The molecule has 2 heterocycles. The number of anilines is 3. The third-order valence-electron chi connectivity index (χ3n) is 6.61. The van der Waals surface area contributed by atoms with E-state index in [1.165, 1.54) is 13.0 Å². The molecule has 2 aromatic rings. The monoisotopic (exact) mass is 542 g/mol. The average Bonchev–Trinajstić information content (AvgIpc) is 3.46. The van der Waals surface area contributed by atoms with Crippen molar-refractivity contribution in [2.24, 2.45) is 5.41 Å². The second-order valence-corrected chi connectivity index (χ2v) is 9.60. The number of carbonyl (C=O) groups is 1. The second-order valence-electron chi connectivity index (χ2n) is 9.19. The minimum Gasteiger partial charge on any atom is -0.476 e. The first-order valence-electron chi connectivity index (χ1n) is 12.2. The highest BCUT2D eigenvalue weighted by Crippen LogP contribution is 2.40. The van der Waals surface area contributed by atoms with Crippen LogP contribution in [-0.4, -0.2) is 64.7 Å². The molecule has 2 N–H and O–H groups in total. The van der Waals surface area contributed by atoms with Crippen molar-refractivity contribution in [3.05, 3.63) is 53.4 Å². The average molecular weight is 543 g/mol. The van der Waals surface area contributed by atoms with Crippen molar-refractivity contribution in [1.29, 1.82) is 5.26 Å². The Morgan fingerprint density at radius 2 is 2.18 bits per heavy atom. The fraction of sp³-hybridized carbons (Fsp3) is 0.423. The number of likely N-dealkylation sites (N-methyl/N-ethyl adjacent to an activating group) is 1. The zero-order valence-electron chi connectivity index (χ0n) is 22.0. The van der Waals surface area contributed by atoms with Gasteiger partial charge in [0.25, 0.3) is 11.9 Å². The number of rotatable bonds is 11. The molecule has 202 valence electrons. The Hall–Kier alpha value is -3.91. The summed E-state index contributed by atoms with van der Waals surface area (Å²) in [5.74, 6) is 0.247. The van der Waals surface area contributed by atoms with Gasteiger partial charge in [-0.05, 0) is 49.1 Å². The molecule has 2 unspecified atom stereocenters. The first-order chi connectivity index (χ1) is 18.1. The van der Waals surface area contributed by atoms with Gasteiger partial charge in [-0.25, -0.2) is 4.39 Å². The number of tetrazole rings is 1.